The zero-order valence-corrected chi connectivity index (χ0v) is 12.3. The van der Waals surface area contributed by atoms with Gasteiger partial charge in [-0.3, -0.25) is 0 Å². The van der Waals surface area contributed by atoms with Crippen LogP contribution in [-0.4, -0.2) is 18.4 Å². The van der Waals surface area contributed by atoms with E-state index in [1.165, 1.54) is 6.42 Å². The molecule has 2 aliphatic rings. The Labute approximate surface area is 87.1 Å². The summed E-state index contributed by atoms with van der Waals surface area (Å²) in [5.74, 6) is 1.57. The topological polar surface area (TPSA) is 0 Å². The number of fused-ring (bicyclic) bond motifs is 2. The molecule has 0 spiro atoms. The number of halogens is 1. The van der Waals surface area contributed by atoms with Gasteiger partial charge in [-0.05, 0) is 0 Å². The Balaban J connectivity index is 2.39. The molecule has 12 heavy (non-hydrogen) atoms. The van der Waals surface area contributed by atoms with Crippen LogP contribution in [0.4, 0.5) is 0 Å². The number of allylic oxidation sites excluding steroid dienone is 4. The molecule has 2 atom stereocenters. The molecule has 0 aromatic rings. The van der Waals surface area contributed by atoms with Crippen molar-refractivity contribution in [1.82, 2.24) is 0 Å². The van der Waals surface area contributed by atoms with Crippen molar-refractivity contribution in [2.75, 3.05) is 0 Å². The second-order valence-electron chi connectivity index (χ2n) is 4.85. The summed E-state index contributed by atoms with van der Waals surface area (Å²) in [5, 5.41) is 0. The first-order chi connectivity index (χ1) is 5.50. The average molecular weight is 334 g/mol. The summed E-state index contributed by atoms with van der Waals surface area (Å²) in [6.07, 6.45) is 6.16. The van der Waals surface area contributed by atoms with Crippen LogP contribution in [-0.2, 0) is 0 Å². The fourth-order valence-corrected chi connectivity index (χ4v) is 13.4. The van der Waals surface area contributed by atoms with E-state index in [1.807, 2.05) is 3.59 Å². The van der Waals surface area contributed by atoms with Gasteiger partial charge >= 0.3 is 87.6 Å². The maximum atomic E-state index is 3.78. The first kappa shape index (κ1) is 9.32. The summed E-state index contributed by atoms with van der Waals surface area (Å²) in [6, 6.07) is 0. The van der Waals surface area contributed by atoms with E-state index < -0.39 is 18.4 Å². The molecule has 66 valence electrons. The number of rotatable bonds is 1. The van der Waals surface area contributed by atoms with Crippen molar-refractivity contribution in [2.24, 2.45) is 11.8 Å². The zero-order valence-electron chi connectivity index (χ0n) is 7.89. The molecule has 2 heteroatoms. The predicted molar refractivity (Wildman–Crippen MR) is 60.0 cm³/mol. The second kappa shape index (κ2) is 2.87. The molecule has 2 aliphatic carbocycles. The minimum atomic E-state index is -1.77. The summed E-state index contributed by atoms with van der Waals surface area (Å²) in [5.41, 5.74) is 0. The molecule has 0 amide bonds. The molecule has 0 saturated heterocycles. The first-order valence-corrected chi connectivity index (χ1v) is 15.4. The Kier molecular flexibility index (Phi) is 2.23. The van der Waals surface area contributed by atoms with Crippen LogP contribution in [0.15, 0.2) is 20.2 Å². The van der Waals surface area contributed by atoms with E-state index in [9.17, 15) is 0 Å². The van der Waals surface area contributed by atoms with Crippen LogP contribution in [0.25, 0.3) is 0 Å². The summed E-state index contributed by atoms with van der Waals surface area (Å²) < 4.78 is 3.38. The molecule has 2 bridgehead atoms. The Morgan fingerprint density at radius 1 is 1.25 bits per heavy atom. The molecule has 0 saturated carbocycles. The van der Waals surface area contributed by atoms with E-state index in [0.29, 0.717) is 0 Å². The van der Waals surface area contributed by atoms with Crippen molar-refractivity contribution in [3.05, 3.63) is 20.2 Å². The Hall–Kier alpha value is 0.759. The predicted octanol–water partition coefficient (Wildman–Crippen LogP) is 3.72. The Bertz CT molecular complexity index is 270. The zero-order chi connectivity index (χ0) is 8.93. The maximum absolute atomic E-state index is 3.78. The molecular formula is C10H15BrSn. The number of hydrogen-bond donors (Lipinski definition) is 0. The standard InChI is InChI=1S/C7H6Br.3CH3.Sn/c8-7-4-5-1-2-6(7)3-5;;;;/h1-2,5-6H,3H2;3*1H3;/t5-,6+;;;;/m0..../s1. The van der Waals surface area contributed by atoms with Gasteiger partial charge < -0.3 is 0 Å². The van der Waals surface area contributed by atoms with Crippen LogP contribution in [0.3, 0.4) is 0 Å². The van der Waals surface area contributed by atoms with Crippen molar-refractivity contribution in [3.63, 3.8) is 0 Å². The van der Waals surface area contributed by atoms with Gasteiger partial charge in [-0.1, -0.05) is 0 Å². The quantitative estimate of drug-likeness (QED) is 0.507. The fourth-order valence-electron chi connectivity index (χ4n) is 2.39. The second-order valence-corrected chi connectivity index (χ2v) is 20.1. The first-order valence-electron chi connectivity index (χ1n) is 4.58. The van der Waals surface area contributed by atoms with Gasteiger partial charge in [-0.25, -0.2) is 0 Å². The molecule has 0 N–H and O–H groups in total. The SMILES string of the molecule is [CH3][Sn]([CH3])([CH3])[C]1=C(Br)[C@@H]2C=C[C@H]1C2. The van der Waals surface area contributed by atoms with Crippen molar-refractivity contribution >= 4 is 34.3 Å². The monoisotopic (exact) mass is 334 g/mol. The molecule has 2 rings (SSSR count). The van der Waals surface area contributed by atoms with Gasteiger partial charge in [-0.2, -0.15) is 0 Å². The van der Waals surface area contributed by atoms with E-state index in [-0.39, 0.29) is 0 Å². The number of hydrogen-bond acceptors (Lipinski definition) is 0. The van der Waals surface area contributed by atoms with Gasteiger partial charge in [0.2, 0.25) is 0 Å². The molecule has 0 fully saturated rings. The van der Waals surface area contributed by atoms with Crippen LogP contribution in [0, 0.1) is 11.8 Å². The third-order valence-corrected chi connectivity index (χ3v) is 11.3. The van der Waals surface area contributed by atoms with Crippen LogP contribution >= 0.6 is 15.9 Å². The van der Waals surface area contributed by atoms with Gasteiger partial charge in [0.25, 0.3) is 0 Å². The van der Waals surface area contributed by atoms with Crippen LogP contribution in [0.5, 0.6) is 0 Å². The average Bonchev–Trinajstić information content (AvgIpc) is 2.42. The van der Waals surface area contributed by atoms with E-state index >= 15 is 0 Å². The molecule has 0 aromatic carbocycles. The van der Waals surface area contributed by atoms with E-state index in [1.54, 1.807) is 4.48 Å². The van der Waals surface area contributed by atoms with Crippen molar-refractivity contribution in [2.45, 2.75) is 21.2 Å². The molecule has 0 nitrogen and oxygen atoms in total. The fraction of sp³-hybridized carbons (Fsp3) is 0.600. The van der Waals surface area contributed by atoms with Crippen molar-refractivity contribution < 1.29 is 0 Å². The minimum absolute atomic E-state index is 0.751. The van der Waals surface area contributed by atoms with E-state index in [0.717, 1.165) is 11.8 Å². The van der Waals surface area contributed by atoms with Gasteiger partial charge in [0, 0.05) is 0 Å². The van der Waals surface area contributed by atoms with Gasteiger partial charge in [-0.15, -0.1) is 0 Å². The third kappa shape index (κ3) is 1.33. The van der Waals surface area contributed by atoms with E-state index in [4.69, 9.17) is 0 Å². The van der Waals surface area contributed by atoms with Gasteiger partial charge in [0.05, 0.1) is 0 Å². The molecule has 0 radical (unpaired) electrons. The van der Waals surface area contributed by atoms with Crippen LogP contribution in [0.1, 0.15) is 6.42 Å². The van der Waals surface area contributed by atoms with Gasteiger partial charge in [0.1, 0.15) is 0 Å². The summed E-state index contributed by atoms with van der Waals surface area (Å²) in [4.78, 5) is 7.54. The molecule has 0 aliphatic heterocycles. The van der Waals surface area contributed by atoms with Crippen LogP contribution < -0.4 is 0 Å². The van der Waals surface area contributed by atoms with Crippen molar-refractivity contribution in [1.29, 1.82) is 0 Å². The Morgan fingerprint density at radius 2 is 1.83 bits per heavy atom. The normalized spacial score (nSPS) is 33.7. The van der Waals surface area contributed by atoms with Crippen LogP contribution in [0.2, 0.25) is 14.8 Å². The van der Waals surface area contributed by atoms with Crippen molar-refractivity contribution in [3.8, 4) is 0 Å². The molecule has 0 heterocycles. The molecular weight excluding hydrogens is 319 g/mol. The summed E-state index contributed by atoms with van der Waals surface area (Å²) in [6.45, 7) is 0. The molecule has 0 aromatic heterocycles. The Morgan fingerprint density at radius 3 is 2.17 bits per heavy atom. The summed E-state index contributed by atoms with van der Waals surface area (Å²) in [7, 11) is 0. The summed E-state index contributed by atoms with van der Waals surface area (Å²) >= 11 is 2.00. The van der Waals surface area contributed by atoms with Gasteiger partial charge in [0.15, 0.2) is 0 Å². The molecule has 0 unspecified atom stereocenters. The third-order valence-electron chi connectivity index (χ3n) is 2.85. The van der Waals surface area contributed by atoms with E-state index in [2.05, 4.69) is 42.9 Å².